The highest BCUT2D eigenvalue weighted by atomic mass is 16.5. The Hall–Kier alpha value is -1.59. The van der Waals surface area contributed by atoms with E-state index in [0.717, 1.165) is 51.4 Å². The summed E-state index contributed by atoms with van der Waals surface area (Å²) in [7, 11) is 0. The van der Waals surface area contributed by atoms with Crippen LogP contribution in [0.2, 0.25) is 0 Å². The van der Waals surface area contributed by atoms with Crippen LogP contribution in [0.15, 0.2) is 0 Å². The number of carbonyl (C=O) groups excluding carboxylic acids is 1. The van der Waals surface area contributed by atoms with Gasteiger partial charge < -0.3 is 14.9 Å². The molecule has 6 heteroatoms. The molecule has 0 spiro atoms. The highest BCUT2D eigenvalue weighted by molar-refractivity contribution is 5.81. The van der Waals surface area contributed by atoms with Crippen LogP contribution in [0.25, 0.3) is 0 Å². The summed E-state index contributed by atoms with van der Waals surface area (Å²) in [6, 6.07) is 0. The molecule has 208 valence electrons. The first-order chi connectivity index (χ1) is 17.3. The molecule has 10 unspecified atom stereocenters. The van der Waals surface area contributed by atoms with Crippen molar-refractivity contribution < 1.29 is 29.3 Å². The fourth-order valence-corrected chi connectivity index (χ4v) is 11.0. The van der Waals surface area contributed by atoms with E-state index in [1.807, 2.05) is 0 Å². The number of aliphatic carboxylic acids is 2. The molecule has 5 rings (SSSR count). The molecule has 0 aromatic carbocycles. The summed E-state index contributed by atoms with van der Waals surface area (Å²) in [4.78, 5) is 36.6. The van der Waals surface area contributed by atoms with E-state index in [2.05, 4.69) is 20.8 Å². The molecular weight excluding hydrogens is 468 g/mol. The second-order valence-corrected chi connectivity index (χ2v) is 14.8. The smallest absolute Gasteiger partial charge is 0.309 e. The maximum atomic E-state index is 12.7. The van der Waals surface area contributed by atoms with Gasteiger partial charge in [-0.3, -0.25) is 14.4 Å². The first-order valence-corrected chi connectivity index (χ1v) is 14.9. The van der Waals surface area contributed by atoms with Gasteiger partial charge in [0.2, 0.25) is 0 Å². The zero-order chi connectivity index (χ0) is 27.0. The summed E-state index contributed by atoms with van der Waals surface area (Å²) in [5.74, 6) is 1.02. The number of hydrogen-bond donors (Lipinski definition) is 2. The topological polar surface area (TPSA) is 101 Å². The Bertz CT molecular complexity index is 957. The summed E-state index contributed by atoms with van der Waals surface area (Å²) in [6.07, 6.45) is 11.3. The molecule has 0 aromatic rings. The largest absolute Gasteiger partial charge is 0.481 e. The van der Waals surface area contributed by atoms with Gasteiger partial charge in [0.05, 0.1) is 17.3 Å². The molecule has 0 heterocycles. The van der Waals surface area contributed by atoms with Gasteiger partial charge in [-0.05, 0) is 124 Å². The van der Waals surface area contributed by atoms with E-state index < -0.39 is 28.7 Å². The van der Waals surface area contributed by atoms with Crippen molar-refractivity contribution in [2.45, 2.75) is 118 Å². The molecule has 0 radical (unpaired) electrons. The van der Waals surface area contributed by atoms with E-state index >= 15 is 0 Å². The van der Waals surface area contributed by atoms with Crippen LogP contribution in [0.4, 0.5) is 0 Å². The number of carbonyl (C=O) groups is 3. The lowest BCUT2D eigenvalue weighted by Crippen LogP contribution is -2.61. The number of ether oxygens (including phenoxy) is 1. The van der Waals surface area contributed by atoms with Crippen molar-refractivity contribution in [2.24, 2.45) is 57.2 Å². The third kappa shape index (κ3) is 3.97. The van der Waals surface area contributed by atoms with Gasteiger partial charge in [0.25, 0.3) is 0 Å². The van der Waals surface area contributed by atoms with Crippen LogP contribution >= 0.6 is 0 Å². The average molecular weight is 517 g/mol. The van der Waals surface area contributed by atoms with Crippen molar-refractivity contribution in [2.75, 3.05) is 0 Å². The molecule has 5 aliphatic rings. The SMILES string of the molecule is CC1C(OC(=O)CC(C)(C)C(=O)O)CCC2(C)C1CCC1(C)C3CCC4(C(=O)O)CCCC4C3CCC21. The zero-order valence-corrected chi connectivity index (χ0v) is 23.6. The van der Waals surface area contributed by atoms with Gasteiger partial charge in [-0.2, -0.15) is 0 Å². The Balaban J connectivity index is 1.32. The van der Waals surface area contributed by atoms with Gasteiger partial charge in [-0.1, -0.05) is 27.2 Å². The third-order valence-corrected chi connectivity index (χ3v) is 12.9. The normalized spacial score (nSPS) is 47.1. The van der Waals surface area contributed by atoms with Gasteiger partial charge >= 0.3 is 17.9 Å². The Kier molecular flexibility index (Phi) is 6.55. The van der Waals surface area contributed by atoms with Crippen molar-refractivity contribution in [3.05, 3.63) is 0 Å². The third-order valence-electron chi connectivity index (χ3n) is 12.9. The molecule has 0 aliphatic heterocycles. The predicted molar refractivity (Wildman–Crippen MR) is 140 cm³/mol. The lowest BCUT2D eigenvalue weighted by Gasteiger charge is -2.67. The Morgan fingerprint density at radius 1 is 0.838 bits per heavy atom. The van der Waals surface area contributed by atoms with Crippen LogP contribution < -0.4 is 0 Å². The van der Waals surface area contributed by atoms with E-state index in [4.69, 9.17) is 4.74 Å². The average Bonchev–Trinajstić information content (AvgIpc) is 3.26. The van der Waals surface area contributed by atoms with Gasteiger partial charge in [-0.25, -0.2) is 0 Å². The van der Waals surface area contributed by atoms with Crippen molar-refractivity contribution in [3.63, 3.8) is 0 Å². The minimum atomic E-state index is -1.12. The molecular formula is C31H48O6. The molecule has 0 bridgehead atoms. The second kappa shape index (κ2) is 8.98. The Labute approximate surface area is 222 Å². The van der Waals surface area contributed by atoms with E-state index in [0.29, 0.717) is 29.6 Å². The van der Waals surface area contributed by atoms with Crippen LogP contribution in [0.1, 0.15) is 112 Å². The fraction of sp³-hybridized carbons (Fsp3) is 0.903. The number of carboxylic acid groups (broad SMARTS) is 2. The highest BCUT2D eigenvalue weighted by Crippen LogP contribution is 2.71. The number of carboxylic acids is 2. The molecule has 0 aromatic heterocycles. The van der Waals surface area contributed by atoms with E-state index in [9.17, 15) is 24.6 Å². The Morgan fingerprint density at radius 3 is 2.16 bits per heavy atom. The number of rotatable bonds is 5. The minimum absolute atomic E-state index is 0.101. The predicted octanol–water partition coefficient (Wildman–Crippen LogP) is 6.56. The molecule has 5 aliphatic carbocycles. The molecule has 6 nitrogen and oxygen atoms in total. The molecule has 5 saturated carbocycles. The molecule has 0 amide bonds. The summed E-state index contributed by atoms with van der Waals surface area (Å²) < 4.78 is 5.95. The van der Waals surface area contributed by atoms with Crippen molar-refractivity contribution in [1.29, 1.82) is 0 Å². The summed E-state index contributed by atoms with van der Waals surface area (Å²) in [5, 5.41) is 19.6. The summed E-state index contributed by atoms with van der Waals surface area (Å²) in [5.41, 5.74) is -1.11. The van der Waals surface area contributed by atoms with Gasteiger partial charge in [-0.15, -0.1) is 0 Å². The van der Waals surface area contributed by atoms with Crippen LogP contribution in [0.5, 0.6) is 0 Å². The van der Waals surface area contributed by atoms with Crippen molar-refractivity contribution in [3.8, 4) is 0 Å². The highest BCUT2D eigenvalue weighted by Gasteiger charge is 2.66. The van der Waals surface area contributed by atoms with Crippen LogP contribution in [-0.4, -0.2) is 34.2 Å². The van der Waals surface area contributed by atoms with E-state index in [1.165, 1.54) is 19.3 Å². The number of esters is 1. The van der Waals surface area contributed by atoms with Gasteiger partial charge in [0.15, 0.2) is 0 Å². The second-order valence-electron chi connectivity index (χ2n) is 14.8. The fourth-order valence-electron chi connectivity index (χ4n) is 11.0. The summed E-state index contributed by atoms with van der Waals surface area (Å²) in [6.45, 7) is 10.4. The first-order valence-electron chi connectivity index (χ1n) is 14.9. The minimum Gasteiger partial charge on any atom is -0.481 e. The molecule has 5 fully saturated rings. The van der Waals surface area contributed by atoms with Gasteiger partial charge in [0, 0.05) is 0 Å². The Morgan fingerprint density at radius 2 is 1.49 bits per heavy atom. The standard InChI is InChI=1S/C31H48O6/c1-18-20-10-14-30(5)21-11-16-31(27(35)36)13-6-7-22(31)19(21)8-9-24(30)29(20,4)15-12-23(18)37-25(32)17-28(2,3)26(33)34/h18-24H,6-17H2,1-5H3,(H,33,34)(H,35,36). The van der Waals surface area contributed by atoms with Crippen molar-refractivity contribution in [1.82, 2.24) is 0 Å². The van der Waals surface area contributed by atoms with Crippen LogP contribution in [0.3, 0.4) is 0 Å². The van der Waals surface area contributed by atoms with Gasteiger partial charge in [0.1, 0.15) is 6.10 Å². The molecule has 37 heavy (non-hydrogen) atoms. The van der Waals surface area contributed by atoms with Crippen LogP contribution in [-0.2, 0) is 19.1 Å². The maximum Gasteiger partial charge on any atom is 0.309 e. The maximum absolute atomic E-state index is 12.7. The molecule has 10 atom stereocenters. The monoisotopic (exact) mass is 516 g/mol. The van der Waals surface area contributed by atoms with Crippen molar-refractivity contribution >= 4 is 17.9 Å². The van der Waals surface area contributed by atoms with Crippen LogP contribution in [0, 0.1) is 57.2 Å². The molecule has 2 N–H and O–H groups in total. The van der Waals surface area contributed by atoms with E-state index in [1.54, 1.807) is 13.8 Å². The molecule has 0 saturated heterocycles. The zero-order valence-electron chi connectivity index (χ0n) is 23.6. The van der Waals surface area contributed by atoms with E-state index in [-0.39, 0.29) is 29.3 Å². The lowest BCUT2D eigenvalue weighted by molar-refractivity contribution is -0.205. The first kappa shape index (κ1) is 27.0. The lowest BCUT2D eigenvalue weighted by atomic mass is 9.37. The number of hydrogen-bond acceptors (Lipinski definition) is 4. The summed E-state index contributed by atoms with van der Waals surface area (Å²) >= 11 is 0. The number of fused-ring (bicyclic) bond motifs is 7. The quantitative estimate of drug-likeness (QED) is 0.401.